The van der Waals surface area contributed by atoms with E-state index in [2.05, 4.69) is 10.6 Å². The van der Waals surface area contributed by atoms with Crippen molar-refractivity contribution in [3.05, 3.63) is 0 Å². The highest BCUT2D eigenvalue weighted by Gasteiger charge is 2.32. The van der Waals surface area contributed by atoms with Gasteiger partial charge in [0.1, 0.15) is 0 Å². The van der Waals surface area contributed by atoms with Gasteiger partial charge in [0, 0.05) is 33.2 Å². The molecule has 118 valence electrons. The number of piperidine rings is 1. The second-order valence-electron chi connectivity index (χ2n) is 5.25. The van der Waals surface area contributed by atoms with Gasteiger partial charge in [-0.2, -0.15) is 13.2 Å². The molecular formula is C12H23F3N4O. The Morgan fingerprint density at radius 3 is 2.35 bits per heavy atom. The molecule has 20 heavy (non-hydrogen) atoms. The van der Waals surface area contributed by atoms with Crippen molar-refractivity contribution in [2.45, 2.75) is 25.1 Å². The van der Waals surface area contributed by atoms with Crippen LogP contribution in [-0.4, -0.2) is 74.9 Å². The van der Waals surface area contributed by atoms with Crippen LogP contribution >= 0.6 is 0 Å². The Kier molecular flexibility index (Phi) is 6.54. The SMILES string of the molecule is CN(C)C(=O)NCCNC1CCN(CC(F)(F)F)CC1. The lowest BCUT2D eigenvalue weighted by Gasteiger charge is -2.32. The maximum Gasteiger partial charge on any atom is 0.401 e. The Bertz CT molecular complexity index is 302. The Morgan fingerprint density at radius 1 is 1.25 bits per heavy atom. The molecule has 0 unspecified atom stereocenters. The summed E-state index contributed by atoms with van der Waals surface area (Å²) in [6.07, 6.45) is -2.70. The average molecular weight is 296 g/mol. The normalized spacial score (nSPS) is 18.1. The van der Waals surface area contributed by atoms with Gasteiger partial charge in [-0.3, -0.25) is 4.90 Å². The average Bonchev–Trinajstić information content (AvgIpc) is 2.34. The van der Waals surface area contributed by atoms with E-state index in [1.165, 1.54) is 9.80 Å². The van der Waals surface area contributed by atoms with E-state index >= 15 is 0 Å². The van der Waals surface area contributed by atoms with Crippen molar-refractivity contribution in [3.8, 4) is 0 Å². The van der Waals surface area contributed by atoms with Crippen LogP contribution in [0.2, 0.25) is 0 Å². The molecule has 0 saturated carbocycles. The highest BCUT2D eigenvalue weighted by Crippen LogP contribution is 2.19. The number of hydrogen-bond donors (Lipinski definition) is 2. The van der Waals surface area contributed by atoms with Gasteiger partial charge in [-0.05, 0) is 25.9 Å². The second kappa shape index (κ2) is 7.68. The maximum absolute atomic E-state index is 12.2. The molecule has 1 saturated heterocycles. The van der Waals surface area contributed by atoms with E-state index in [4.69, 9.17) is 0 Å². The van der Waals surface area contributed by atoms with Crippen LogP contribution in [0.4, 0.5) is 18.0 Å². The zero-order valence-electron chi connectivity index (χ0n) is 12.0. The summed E-state index contributed by atoms with van der Waals surface area (Å²) in [5.41, 5.74) is 0. The fraction of sp³-hybridized carbons (Fsp3) is 0.917. The van der Waals surface area contributed by atoms with E-state index in [-0.39, 0.29) is 12.1 Å². The van der Waals surface area contributed by atoms with Crippen molar-refractivity contribution in [1.82, 2.24) is 20.4 Å². The zero-order chi connectivity index (χ0) is 15.2. The summed E-state index contributed by atoms with van der Waals surface area (Å²) in [7, 11) is 3.33. The van der Waals surface area contributed by atoms with Crippen LogP contribution in [0, 0.1) is 0 Å². The highest BCUT2D eigenvalue weighted by molar-refractivity contribution is 5.73. The molecule has 0 aliphatic carbocycles. The van der Waals surface area contributed by atoms with Gasteiger partial charge in [0.15, 0.2) is 0 Å². The molecule has 1 aliphatic heterocycles. The first-order valence-corrected chi connectivity index (χ1v) is 6.75. The minimum atomic E-state index is -4.11. The number of nitrogens with one attached hydrogen (secondary N) is 2. The van der Waals surface area contributed by atoms with Crippen molar-refractivity contribution < 1.29 is 18.0 Å². The summed E-state index contributed by atoms with van der Waals surface area (Å²) in [5.74, 6) is 0. The monoisotopic (exact) mass is 296 g/mol. The summed E-state index contributed by atoms with van der Waals surface area (Å²) in [6, 6.07) is 0.0857. The first-order chi connectivity index (χ1) is 9.28. The Morgan fingerprint density at radius 2 is 1.85 bits per heavy atom. The number of urea groups is 1. The smallest absolute Gasteiger partial charge is 0.337 e. The molecule has 1 aliphatic rings. The molecule has 0 aromatic heterocycles. The lowest BCUT2D eigenvalue weighted by atomic mass is 10.1. The molecule has 1 rings (SSSR count). The molecule has 2 N–H and O–H groups in total. The highest BCUT2D eigenvalue weighted by atomic mass is 19.4. The van der Waals surface area contributed by atoms with Gasteiger partial charge in [-0.25, -0.2) is 4.79 Å². The third kappa shape index (κ3) is 6.95. The number of nitrogens with zero attached hydrogens (tertiary/aromatic N) is 2. The molecular weight excluding hydrogens is 273 g/mol. The topological polar surface area (TPSA) is 47.6 Å². The predicted molar refractivity (Wildman–Crippen MR) is 70.6 cm³/mol. The molecule has 0 atom stereocenters. The van der Waals surface area contributed by atoms with Crippen LogP contribution in [0.25, 0.3) is 0 Å². The quantitative estimate of drug-likeness (QED) is 0.740. The lowest BCUT2D eigenvalue weighted by molar-refractivity contribution is -0.148. The first kappa shape index (κ1) is 17.0. The summed E-state index contributed by atoms with van der Waals surface area (Å²) >= 11 is 0. The molecule has 0 aromatic carbocycles. The predicted octanol–water partition coefficient (Wildman–Crippen LogP) is 0.874. The minimum absolute atomic E-state index is 0.146. The van der Waals surface area contributed by atoms with Crippen LogP contribution in [0.5, 0.6) is 0 Å². The number of carbonyl (C=O) groups is 1. The molecule has 1 fully saturated rings. The third-order valence-corrected chi connectivity index (χ3v) is 3.23. The number of amides is 2. The summed E-state index contributed by atoms with van der Waals surface area (Å²) in [5, 5.41) is 5.98. The summed E-state index contributed by atoms with van der Waals surface area (Å²) in [4.78, 5) is 14.1. The van der Waals surface area contributed by atoms with Gasteiger partial charge in [0.25, 0.3) is 0 Å². The number of likely N-dealkylation sites (tertiary alicyclic amines) is 1. The first-order valence-electron chi connectivity index (χ1n) is 6.75. The van der Waals surface area contributed by atoms with Gasteiger partial charge < -0.3 is 15.5 Å². The molecule has 0 aromatic rings. The molecule has 0 spiro atoms. The minimum Gasteiger partial charge on any atom is -0.337 e. The van der Waals surface area contributed by atoms with E-state index in [0.717, 1.165) is 0 Å². The number of alkyl halides is 3. The lowest BCUT2D eigenvalue weighted by Crippen LogP contribution is -2.47. The fourth-order valence-corrected chi connectivity index (χ4v) is 2.15. The zero-order valence-corrected chi connectivity index (χ0v) is 12.0. The maximum atomic E-state index is 12.2. The van der Waals surface area contributed by atoms with Crippen molar-refractivity contribution in [3.63, 3.8) is 0 Å². The number of hydrogen-bond acceptors (Lipinski definition) is 3. The molecule has 8 heteroatoms. The summed E-state index contributed by atoms with van der Waals surface area (Å²) < 4.78 is 36.7. The number of rotatable bonds is 5. The Balaban J connectivity index is 2.09. The van der Waals surface area contributed by atoms with E-state index in [9.17, 15) is 18.0 Å². The third-order valence-electron chi connectivity index (χ3n) is 3.23. The summed E-state index contributed by atoms with van der Waals surface area (Å²) in [6.45, 7) is 1.24. The van der Waals surface area contributed by atoms with E-state index in [1.807, 2.05) is 0 Å². The Labute approximate surface area is 117 Å². The van der Waals surface area contributed by atoms with Crippen LogP contribution in [0.15, 0.2) is 0 Å². The molecule has 5 nitrogen and oxygen atoms in total. The van der Waals surface area contributed by atoms with Crippen molar-refractivity contribution in [2.75, 3.05) is 46.8 Å². The Hall–Kier alpha value is -1.02. The number of halogens is 3. The van der Waals surface area contributed by atoms with Crippen LogP contribution in [-0.2, 0) is 0 Å². The molecule has 1 heterocycles. The van der Waals surface area contributed by atoms with Gasteiger partial charge >= 0.3 is 12.2 Å². The van der Waals surface area contributed by atoms with E-state index in [1.54, 1.807) is 14.1 Å². The van der Waals surface area contributed by atoms with Gasteiger partial charge in [-0.1, -0.05) is 0 Å². The van der Waals surface area contributed by atoms with Crippen molar-refractivity contribution >= 4 is 6.03 Å². The van der Waals surface area contributed by atoms with E-state index in [0.29, 0.717) is 39.0 Å². The van der Waals surface area contributed by atoms with Crippen molar-refractivity contribution in [2.24, 2.45) is 0 Å². The van der Waals surface area contributed by atoms with Crippen LogP contribution < -0.4 is 10.6 Å². The van der Waals surface area contributed by atoms with Gasteiger partial charge in [0.2, 0.25) is 0 Å². The van der Waals surface area contributed by atoms with Gasteiger partial charge in [-0.15, -0.1) is 0 Å². The standard InChI is InChI=1S/C12H23F3N4O/c1-18(2)11(20)17-6-5-16-10-3-7-19(8-4-10)9-12(13,14)15/h10,16H,3-9H2,1-2H3,(H,17,20). The van der Waals surface area contributed by atoms with Crippen LogP contribution in [0.3, 0.4) is 0 Å². The number of carbonyl (C=O) groups excluding carboxylic acids is 1. The molecule has 0 radical (unpaired) electrons. The second-order valence-corrected chi connectivity index (χ2v) is 5.25. The van der Waals surface area contributed by atoms with Crippen LogP contribution in [0.1, 0.15) is 12.8 Å². The van der Waals surface area contributed by atoms with E-state index < -0.39 is 12.7 Å². The fourth-order valence-electron chi connectivity index (χ4n) is 2.15. The molecule has 2 amide bonds. The van der Waals surface area contributed by atoms with Crippen molar-refractivity contribution in [1.29, 1.82) is 0 Å². The largest absolute Gasteiger partial charge is 0.401 e. The van der Waals surface area contributed by atoms with Gasteiger partial charge in [0.05, 0.1) is 6.54 Å². The molecule has 0 bridgehead atoms.